The second kappa shape index (κ2) is 8.37. The molecule has 2 aromatic rings. The van der Waals surface area contributed by atoms with Crippen LogP contribution >= 0.6 is 0 Å². The molecule has 4 rings (SSSR count). The summed E-state index contributed by atoms with van der Waals surface area (Å²) >= 11 is 0. The number of hydrogen-bond acceptors (Lipinski definition) is 1. The Hall–Kier alpha value is -1.64. The fourth-order valence-electron chi connectivity index (χ4n) is 5.13. The lowest BCUT2D eigenvalue weighted by molar-refractivity contribution is -0.945. The van der Waals surface area contributed by atoms with E-state index in [0.29, 0.717) is 6.04 Å². The molecule has 0 radical (unpaired) electrons. The summed E-state index contributed by atoms with van der Waals surface area (Å²) in [5, 5.41) is 0. The van der Waals surface area contributed by atoms with Gasteiger partial charge in [-0.05, 0) is 31.5 Å². The van der Waals surface area contributed by atoms with Crippen LogP contribution in [0.15, 0.2) is 60.7 Å². The maximum Gasteiger partial charge on any atom is 0.128 e. The van der Waals surface area contributed by atoms with E-state index in [1.165, 1.54) is 81.4 Å². The minimum absolute atomic E-state index is 0.625. The highest BCUT2D eigenvalue weighted by Gasteiger charge is 2.41. The van der Waals surface area contributed by atoms with Crippen LogP contribution < -0.4 is 0 Å². The van der Waals surface area contributed by atoms with Crippen molar-refractivity contribution in [1.29, 1.82) is 0 Å². The summed E-state index contributed by atoms with van der Waals surface area (Å²) in [5.74, 6) is 0. The van der Waals surface area contributed by atoms with Crippen molar-refractivity contribution in [3.8, 4) is 0 Å². The highest BCUT2D eigenvalue weighted by atomic mass is 15.4. The van der Waals surface area contributed by atoms with E-state index in [9.17, 15) is 0 Å². The molecule has 1 atom stereocenters. The van der Waals surface area contributed by atoms with Gasteiger partial charge in [0.15, 0.2) is 0 Å². The Morgan fingerprint density at radius 1 is 0.769 bits per heavy atom. The molecule has 2 heterocycles. The van der Waals surface area contributed by atoms with Gasteiger partial charge < -0.3 is 4.48 Å². The Bertz CT molecular complexity index is 655. The van der Waals surface area contributed by atoms with Crippen LogP contribution in [0.4, 0.5) is 0 Å². The fourth-order valence-corrected chi connectivity index (χ4v) is 5.13. The van der Waals surface area contributed by atoms with Crippen molar-refractivity contribution < 1.29 is 4.48 Å². The number of benzene rings is 2. The van der Waals surface area contributed by atoms with Gasteiger partial charge in [-0.1, -0.05) is 60.7 Å². The van der Waals surface area contributed by atoms with Crippen molar-refractivity contribution in [1.82, 2.24) is 4.90 Å². The second-order valence-electron chi connectivity index (χ2n) is 8.27. The van der Waals surface area contributed by atoms with E-state index >= 15 is 0 Å². The van der Waals surface area contributed by atoms with Gasteiger partial charge in [0.2, 0.25) is 0 Å². The Kier molecular flexibility index (Phi) is 5.72. The van der Waals surface area contributed by atoms with Crippen molar-refractivity contribution in [2.75, 3.05) is 39.3 Å². The molecule has 0 bridgehead atoms. The fraction of sp³-hybridized carbons (Fsp3) is 0.500. The largest absolute Gasteiger partial charge is 0.316 e. The molecule has 2 fully saturated rings. The maximum atomic E-state index is 2.72. The molecule has 138 valence electrons. The molecule has 2 aliphatic rings. The Morgan fingerprint density at radius 3 is 2.04 bits per heavy atom. The van der Waals surface area contributed by atoms with Gasteiger partial charge in [0, 0.05) is 24.8 Å². The first-order valence-corrected chi connectivity index (χ1v) is 10.5. The van der Waals surface area contributed by atoms with Crippen LogP contribution in [0.3, 0.4) is 0 Å². The van der Waals surface area contributed by atoms with Crippen molar-refractivity contribution in [2.24, 2.45) is 0 Å². The van der Waals surface area contributed by atoms with Crippen LogP contribution in [-0.4, -0.2) is 48.7 Å². The van der Waals surface area contributed by atoms with Crippen molar-refractivity contribution >= 4 is 0 Å². The zero-order valence-corrected chi connectivity index (χ0v) is 16.0. The average Bonchev–Trinajstić information content (AvgIpc) is 3.39. The lowest BCUT2D eigenvalue weighted by Crippen LogP contribution is -2.53. The molecule has 0 N–H and O–H groups in total. The zero-order chi connectivity index (χ0) is 17.7. The molecule has 0 spiro atoms. The van der Waals surface area contributed by atoms with Gasteiger partial charge in [0.25, 0.3) is 0 Å². The Balaban J connectivity index is 1.58. The summed E-state index contributed by atoms with van der Waals surface area (Å²) in [4.78, 5) is 2.72. The van der Waals surface area contributed by atoms with Gasteiger partial charge in [-0.3, -0.25) is 4.90 Å². The number of nitrogens with zero attached hydrogens (tertiary/aromatic N) is 2. The van der Waals surface area contributed by atoms with Crippen molar-refractivity contribution in [3.05, 3.63) is 71.8 Å². The van der Waals surface area contributed by atoms with E-state index in [2.05, 4.69) is 65.6 Å². The van der Waals surface area contributed by atoms with Gasteiger partial charge in [0.1, 0.15) is 6.04 Å². The predicted molar refractivity (Wildman–Crippen MR) is 109 cm³/mol. The summed E-state index contributed by atoms with van der Waals surface area (Å²) < 4.78 is 1.29. The standard InChI is InChI=1S/C24H33N2/c1-3-11-22(12-4-1)15-20-26(18-9-10-19-26)24(21-25-16-7-8-17-25)23-13-5-2-6-14-23/h1-6,11-14,24H,7-10,15-21H2/q+1. The second-order valence-corrected chi connectivity index (χ2v) is 8.27. The highest BCUT2D eigenvalue weighted by molar-refractivity contribution is 5.19. The number of likely N-dealkylation sites (tertiary alicyclic amines) is 2. The molecular weight excluding hydrogens is 316 g/mol. The van der Waals surface area contributed by atoms with Crippen molar-refractivity contribution in [3.63, 3.8) is 0 Å². The highest BCUT2D eigenvalue weighted by Crippen LogP contribution is 2.35. The molecule has 2 aliphatic heterocycles. The third-order valence-corrected chi connectivity index (χ3v) is 6.62. The van der Waals surface area contributed by atoms with E-state index in [1.54, 1.807) is 5.56 Å². The summed E-state index contributed by atoms with van der Waals surface area (Å²) in [6.45, 7) is 7.79. The summed E-state index contributed by atoms with van der Waals surface area (Å²) in [6.07, 6.45) is 6.73. The first-order chi connectivity index (χ1) is 12.9. The summed E-state index contributed by atoms with van der Waals surface area (Å²) in [6, 6.07) is 23.1. The smallest absolute Gasteiger partial charge is 0.128 e. The van der Waals surface area contributed by atoms with E-state index in [0.717, 1.165) is 0 Å². The number of rotatable bonds is 7. The van der Waals surface area contributed by atoms with E-state index in [4.69, 9.17) is 0 Å². The molecule has 1 unspecified atom stereocenters. The molecule has 0 saturated carbocycles. The number of quaternary nitrogens is 1. The lowest BCUT2D eigenvalue weighted by atomic mass is 10.0. The number of hydrogen-bond donors (Lipinski definition) is 0. The van der Waals surface area contributed by atoms with Crippen LogP contribution in [0.1, 0.15) is 42.9 Å². The van der Waals surface area contributed by atoms with Crippen LogP contribution in [-0.2, 0) is 6.42 Å². The van der Waals surface area contributed by atoms with Gasteiger partial charge in [0.05, 0.1) is 26.2 Å². The SMILES string of the molecule is c1ccc(CC[N+]2(C(CN3CCCC3)c3ccccc3)CCCC2)cc1. The summed E-state index contributed by atoms with van der Waals surface area (Å²) in [7, 11) is 0. The first-order valence-electron chi connectivity index (χ1n) is 10.5. The normalized spacial score (nSPS) is 21.1. The molecule has 0 aromatic heterocycles. The summed E-state index contributed by atoms with van der Waals surface area (Å²) in [5.41, 5.74) is 3.04. The Morgan fingerprint density at radius 2 is 1.38 bits per heavy atom. The molecule has 0 aliphatic carbocycles. The Labute approximate surface area is 159 Å². The zero-order valence-electron chi connectivity index (χ0n) is 16.0. The van der Waals surface area contributed by atoms with E-state index < -0.39 is 0 Å². The first kappa shape index (κ1) is 17.8. The minimum Gasteiger partial charge on any atom is -0.316 e. The van der Waals surface area contributed by atoms with E-state index in [-0.39, 0.29) is 0 Å². The lowest BCUT2D eigenvalue weighted by Gasteiger charge is -2.43. The quantitative estimate of drug-likeness (QED) is 0.656. The van der Waals surface area contributed by atoms with Gasteiger partial charge in [-0.15, -0.1) is 0 Å². The van der Waals surface area contributed by atoms with Gasteiger partial charge >= 0.3 is 0 Å². The molecule has 2 saturated heterocycles. The van der Waals surface area contributed by atoms with Gasteiger partial charge in [-0.2, -0.15) is 0 Å². The van der Waals surface area contributed by atoms with Crippen molar-refractivity contribution in [2.45, 2.75) is 38.1 Å². The minimum atomic E-state index is 0.625. The molecule has 0 amide bonds. The third kappa shape index (κ3) is 4.02. The van der Waals surface area contributed by atoms with Crippen LogP contribution in [0.5, 0.6) is 0 Å². The average molecular weight is 350 g/mol. The monoisotopic (exact) mass is 349 g/mol. The van der Waals surface area contributed by atoms with Gasteiger partial charge in [-0.25, -0.2) is 0 Å². The molecular formula is C24H33N2+. The predicted octanol–water partition coefficient (Wildman–Crippen LogP) is 4.68. The molecule has 2 nitrogen and oxygen atoms in total. The molecule has 2 heteroatoms. The topological polar surface area (TPSA) is 3.24 Å². The van der Waals surface area contributed by atoms with E-state index in [1.807, 2.05) is 0 Å². The molecule has 2 aromatic carbocycles. The maximum absolute atomic E-state index is 2.72. The van der Waals surface area contributed by atoms with Crippen LogP contribution in [0, 0.1) is 0 Å². The van der Waals surface area contributed by atoms with Crippen LogP contribution in [0.25, 0.3) is 0 Å². The molecule has 26 heavy (non-hydrogen) atoms. The van der Waals surface area contributed by atoms with Crippen LogP contribution in [0.2, 0.25) is 0 Å². The third-order valence-electron chi connectivity index (χ3n) is 6.62.